The van der Waals surface area contributed by atoms with Crippen LogP contribution >= 0.6 is 11.3 Å². The quantitative estimate of drug-likeness (QED) is 0.890. The monoisotopic (exact) mass is 306 g/mol. The van der Waals surface area contributed by atoms with Crippen LogP contribution < -0.4 is 5.32 Å². The van der Waals surface area contributed by atoms with Crippen molar-refractivity contribution >= 4 is 16.3 Å². The van der Waals surface area contributed by atoms with Crippen LogP contribution in [0.15, 0.2) is 11.6 Å². The van der Waals surface area contributed by atoms with Crippen LogP contribution in [0.2, 0.25) is 0 Å². The topological polar surface area (TPSA) is 32.6 Å². The second-order valence-corrected chi connectivity index (χ2v) is 7.17. The Morgan fingerprint density at radius 2 is 2.14 bits per heavy atom. The fourth-order valence-electron chi connectivity index (χ4n) is 3.24. The number of hydrogen-bond donors (Lipinski definition) is 1. The number of aryl methyl sites for hydroxylation is 1. The van der Waals surface area contributed by atoms with E-state index in [1.54, 1.807) is 11.3 Å². The lowest BCUT2D eigenvalue weighted by Crippen LogP contribution is -2.36. The van der Waals surface area contributed by atoms with Crippen molar-refractivity contribution in [1.29, 1.82) is 0 Å². The van der Waals surface area contributed by atoms with Gasteiger partial charge < -0.3 is 10.2 Å². The summed E-state index contributed by atoms with van der Waals surface area (Å²) in [6.07, 6.45) is 6.30. The molecule has 5 heteroatoms. The van der Waals surface area contributed by atoms with E-state index in [4.69, 9.17) is 0 Å². The third kappa shape index (κ3) is 3.65. The predicted octanol–water partition coefficient (Wildman–Crippen LogP) is 2.92. The maximum atomic E-state index is 4.60. The average Bonchev–Trinajstić information content (AvgIpc) is 3.02. The molecule has 116 valence electrons. The number of fused-ring (bicyclic) bond motifs is 1. The minimum absolute atomic E-state index is 0.703. The highest BCUT2D eigenvalue weighted by Gasteiger charge is 2.14. The van der Waals surface area contributed by atoms with Gasteiger partial charge in [-0.05, 0) is 45.3 Å². The largest absolute Gasteiger partial charge is 0.311 e. The van der Waals surface area contributed by atoms with Crippen molar-refractivity contribution in [2.24, 2.45) is 5.92 Å². The summed E-state index contributed by atoms with van der Waals surface area (Å²) in [4.78, 5) is 8.32. The van der Waals surface area contributed by atoms with Crippen LogP contribution in [0.25, 0.3) is 4.96 Å². The van der Waals surface area contributed by atoms with Gasteiger partial charge in [-0.15, -0.1) is 11.3 Å². The van der Waals surface area contributed by atoms with E-state index in [2.05, 4.69) is 45.0 Å². The Morgan fingerprint density at radius 1 is 1.33 bits per heavy atom. The summed E-state index contributed by atoms with van der Waals surface area (Å²) in [5, 5.41) is 5.72. The van der Waals surface area contributed by atoms with Gasteiger partial charge in [0.25, 0.3) is 0 Å². The van der Waals surface area contributed by atoms with Gasteiger partial charge in [0.2, 0.25) is 0 Å². The summed E-state index contributed by atoms with van der Waals surface area (Å²) in [5.41, 5.74) is 2.45. The number of imidazole rings is 1. The highest BCUT2D eigenvalue weighted by Crippen LogP contribution is 2.16. The number of hydrogen-bond acceptors (Lipinski definition) is 4. The molecule has 0 aliphatic carbocycles. The number of likely N-dealkylation sites (tertiary alicyclic amines) is 1. The highest BCUT2D eigenvalue weighted by molar-refractivity contribution is 7.15. The number of nitrogens with one attached hydrogen (secondary N) is 1. The summed E-state index contributed by atoms with van der Waals surface area (Å²) < 4.78 is 2.21. The van der Waals surface area contributed by atoms with Gasteiger partial charge in [-0.1, -0.05) is 13.3 Å². The lowest BCUT2D eigenvalue weighted by Gasteiger charge is -2.29. The summed E-state index contributed by atoms with van der Waals surface area (Å²) in [6.45, 7) is 10.3. The van der Waals surface area contributed by atoms with Crippen molar-refractivity contribution in [3.63, 3.8) is 0 Å². The molecule has 2 aromatic rings. The molecule has 0 spiro atoms. The van der Waals surface area contributed by atoms with Gasteiger partial charge in [-0.2, -0.15) is 0 Å². The molecule has 0 saturated carbocycles. The molecule has 0 amide bonds. The van der Waals surface area contributed by atoms with Crippen LogP contribution in [0.5, 0.6) is 0 Å². The van der Waals surface area contributed by atoms with Crippen molar-refractivity contribution in [3.8, 4) is 0 Å². The number of thiazole rings is 1. The van der Waals surface area contributed by atoms with Crippen LogP contribution in [0.1, 0.15) is 37.6 Å². The average molecular weight is 306 g/mol. The highest BCUT2D eigenvalue weighted by atomic mass is 32.1. The number of aromatic nitrogens is 2. The van der Waals surface area contributed by atoms with Gasteiger partial charge in [0.15, 0.2) is 4.96 Å². The zero-order valence-electron chi connectivity index (χ0n) is 13.1. The Morgan fingerprint density at radius 3 is 2.95 bits per heavy atom. The Hall–Kier alpha value is -0.910. The zero-order chi connectivity index (χ0) is 14.7. The van der Waals surface area contributed by atoms with E-state index in [0.29, 0.717) is 5.92 Å². The van der Waals surface area contributed by atoms with E-state index in [1.807, 2.05) is 0 Å². The van der Waals surface area contributed by atoms with E-state index < -0.39 is 0 Å². The van der Waals surface area contributed by atoms with Gasteiger partial charge >= 0.3 is 0 Å². The molecule has 2 aromatic heterocycles. The lowest BCUT2D eigenvalue weighted by atomic mass is 10.1. The fourth-order valence-corrected chi connectivity index (χ4v) is 4.02. The summed E-state index contributed by atoms with van der Waals surface area (Å²) in [5.74, 6) is 0.703. The molecule has 1 aliphatic rings. The van der Waals surface area contributed by atoms with Crippen molar-refractivity contribution in [2.45, 2.75) is 39.7 Å². The minimum Gasteiger partial charge on any atom is -0.311 e. The maximum absolute atomic E-state index is 4.60. The van der Waals surface area contributed by atoms with Crippen LogP contribution in [0.3, 0.4) is 0 Å². The molecule has 1 N–H and O–H groups in total. The summed E-state index contributed by atoms with van der Waals surface area (Å²) in [7, 11) is 0. The molecule has 1 unspecified atom stereocenters. The smallest absolute Gasteiger partial charge is 0.194 e. The first-order valence-corrected chi connectivity index (χ1v) is 8.96. The van der Waals surface area contributed by atoms with Gasteiger partial charge in [-0.3, -0.25) is 4.40 Å². The second-order valence-electron chi connectivity index (χ2n) is 6.30. The second kappa shape index (κ2) is 6.90. The summed E-state index contributed by atoms with van der Waals surface area (Å²) in [6, 6.07) is 0. The van der Waals surface area contributed by atoms with Gasteiger partial charge in [0.05, 0.1) is 11.4 Å². The first-order chi connectivity index (χ1) is 10.2. The first-order valence-electron chi connectivity index (χ1n) is 8.08. The molecule has 1 fully saturated rings. The molecule has 1 aliphatic heterocycles. The molecule has 1 saturated heterocycles. The lowest BCUT2D eigenvalue weighted by molar-refractivity contribution is 0.199. The molecule has 3 rings (SSSR count). The van der Waals surface area contributed by atoms with E-state index in [-0.39, 0.29) is 0 Å². The van der Waals surface area contributed by atoms with E-state index in [1.165, 1.54) is 44.6 Å². The number of piperidine rings is 1. The molecule has 0 bridgehead atoms. The van der Waals surface area contributed by atoms with E-state index in [9.17, 15) is 0 Å². The van der Waals surface area contributed by atoms with E-state index >= 15 is 0 Å². The normalized spacial score (nSPS) is 18.4. The Labute approximate surface area is 131 Å². The first kappa shape index (κ1) is 15.0. The molecule has 3 heterocycles. The molecular weight excluding hydrogens is 280 g/mol. The fraction of sp³-hybridized carbons (Fsp3) is 0.688. The summed E-state index contributed by atoms with van der Waals surface area (Å²) >= 11 is 1.70. The molecular formula is C16H26N4S. The van der Waals surface area contributed by atoms with Crippen molar-refractivity contribution in [3.05, 3.63) is 23.0 Å². The predicted molar refractivity (Wildman–Crippen MR) is 89.0 cm³/mol. The third-order valence-electron chi connectivity index (χ3n) is 4.37. The van der Waals surface area contributed by atoms with Crippen molar-refractivity contribution in [1.82, 2.24) is 19.6 Å². The van der Waals surface area contributed by atoms with Gasteiger partial charge in [0.1, 0.15) is 0 Å². The molecule has 0 radical (unpaired) electrons. The Balaban J connectivity index is 1.46. The number of rotatable bonds is 6. The zero-order valence-corrected chi connectivity index (χ0v) is 14.0. The van der Waals surface area contributed by atoms with Crippen molar-refractivity contribution in [2.75, 3.05) is 26.2 Å². The SMILES string of the molecule is Cc1nc2sccn2c1CNCC(C)CN1CCCCC1. The Bertz CT molecular complexity index is 568. The Kier molecular flexibility index (Phi) is 4.93. The molecule has 21 heavy (non-hydrogen) atoms. The molecule has 1 atom stereocenters. The maximum Gasteiger partial charge on any atom is 0.194 e. The van der Waals surface area contributed by atoms with Crippen LogP contribution in [0, 0.1) is 12.8 Å². The van der Waals surface area contributed by atoms with Crippen LogP contribution in [-0.2, 0) is 6.54 Å². The third-order valence-corrected chi connectivity index (χ3v) is 5.12. The van der Waals surface area contributed by atoms with E-state index in [0.717, 1.165) is 23.7 Å². The molecule has 0 aromatic carbocycles. The van der Waals surface area contributed by atoms with Crippen molar-refractivity contribution < 1.29 is 0 Å². The van der Waals surface area contributed by atoms with Crippen LogP contribution in [0.4, 0.5) is 0 Å². The van der Waals surface area contributed by atoms with Gasteiger partial charge in [-0.25, -0.2) is 4.98 Å². The van der Waals surface area contributed by atoms with Crippen LogP contribution in [-0.4, -0.2) is 40.5 Å². The number of nitrogens with zero attached hydrogens (tertiary/aromatic N) is 3. The minimum atomic E-state index is 0.703. The van der Waals surface area contributed by atoms with Gasteiger partial charge in [0, 0.05) is 24.7 Å². The standard InChI is InChI=1S/C16H26N4S/c1-13(12-19-6-4-3-5-7-19)10-17-11-15-14(2)18-16-20(15)8-9-21-16/h8-9,13,17H,3-7,10-12H2,1-2H3. The molecule has 4 nitrogen and oxygen atoms in total.